The number of hydrogen-bond acceptors (Lipinski definition) is 1. The van der Waals surface area contributed by atoms with Gasteiger partial charge in [-0.25, -0.2) is 0 Å². The Morgan fingerprint density at radius 2 is 0.741 bits per heavy atom. The highest BCUT2D eigenvalue weighted by atomic mass is 15.1. The molecule has 0 fully saturated rings. The fourth-order valence-corrected chi connectivity index (χ4v) is 8.69. The molecular formula is C56H42N2. The zero-order chi connectivity index (χ0) is 39.0. The molecule has 0 aliphatic carbocycles. The highest BCUT2D eigenvalue weighted by Gasteiger charge is 2.24. The highest BCUT2D eigenvalue weighted by molar-refractivity contribution is 6.17. The Morgan fingerprint density at radius 1 is 0.328 bits per heavy atom. The van der Waals surface area contributed by atoms with Crippen molar-refractivity contribution in [3.63, 3.8) is 0 Å². The van der Waals surface area contributed by atoms with E-state index in [0.29, 0.717) is 0 Å². The van der Waals surface area contributed by atoms with Crippen LogP contribution in [0.15, 0.2) is 218 Å². The molecule has 0 atom stereocenters. The van der Waals surface area contributed by atoms with Gasteiger partial charge in [0.2, 0.25) is 0 Å². The molecule has 1 heterocycles. The van der Waals surface area contributed by atoms with E-state index in [1.807, 2.05) is 0 Å². The maximum atomic E-state index is 2.52. The Labute approximate surface area is 340 Å². The molecule has 0 aliphatic rings. The maximum Gasteiger partial charge on any atom is 0.0619 e. The van der Waals surface area contributed by atoms with Crippen molar-refractivity contribution in [2.45, 2.75) is 13.8 Å². The summed E-state index contributed by atoms with van der Waals surface area (Å²) in [6, 6.07) is 79.2. The lowest BCUT2D eigenvalue weighted by molar-refractivity contribution is 1.18. The first kappa shape index (κ1) is 35.0. The summed E-state index contributed by atoms with van der Waals surface area (Å²) >= 11 is 0. The van der Waals surface area contributed by atoms with Gasteiger partial charge in [0.1, 0.15) is 0 Å². The summed E-state index contributed by atoms with van der Waals surface area (Å²) < 4.78 is 2.52. The van der Waals surface area contributed by atoms with E-state index in [-0.39, 0.29) is 0 Å². The van der Waals surface area contributed by atoms with Gasteiger partial charge in [-0.3, -0.25) is 0 Å². The summed E-state index contributed by atoms with van der Waals surface area (Å²) in [4.78, 5) is 2.43. The fourth-order valence-electron chi connectivity index (χ4n) is 8.69. The van der Waals surface area contributed by atoms with Gasteiger partial charge in [0.05, 0.1) is 22.4 Å². The molecule has 0 bridgehead atoms. The Bertz CT molecular complexity index is 2900. The number of aryl methyl sites for hydroxylation is 2. The van der Waals surface area contributed by atoms with Gasteiger partial charge >= 0.3 is 0 Å². The summed E-state index contributed by atoms with van der Waals surface area (Å²) in [5, 5.41) is 2.41. The van der Waals surface area contributed by atoms with Crippen LogP contribution in [0.5, 0.6) is 0 Å². The zero-order valence-electron chi connectivity index (χ0n) is 32.7. The Morgan fingerprint density at radius 3 is 1.28 bits per heavy atom. The number of anilines is 3. The van der Waals surface area contributed by atoms with Gasteiger partial charge in [0.15, 0.2) is 0 Å². The van der Waals surface area contributed by atoms with E-state index in [1.165, 1.54) is 77.6 Å². The SMILES string of the molecule is Cc1ccccc1-c1cccc(-c2ccccc2C)c1-n1c2ccccc2c2c(N(c3ccc(-c4ccccc4)cc3)c3ccc(-c4ccccc4)cc3)cccc21. The summed E-state index contributed by atoms with van der Waals surface area (Å²) in [6.45, 7) is 4.43. The van der Waals surface area contributed by atoms with Crippen LogP contribution in [-0.4, -0.2) is 4.57 Å². The predicted molar refractivity (Wildman–Crippen MR) is 247 cm³/mol. The van der Waals surface area contributed by atoms with Gasteiger partial charge < -0.3 is 9.47 Å². The van der Waals surface area contributed by atoms with Crippen molar-refractivity contribution < 1.29 is 0 Å². The molecule has 0 radical (unpaired) electrons. The van der Waals surface area contributed by atoms with Crippen LogP contribution >= 0.6 is 0 Å². The lowest BCUT2D eigenvalue weighted by Gasteiger charge is -2.27. The minimum absolute atomic E-state index is 1.09. The standard InChI is InChI=1S/C56H42N2/c1-39-17-9-11-23-47(39)49-26-15-27-50(48-24-12-10-18-40(48)2)56(49)58-52-28-14-13-25-51(52)55-53(29-16-30-54(55)58)57(45-35-31-43(32-36-45)41-19-5-3-6-20-41)46-37-33-44(34-38-46)42-21-7-4-8-22-42/h3-38H,1-2H3. The molecule has 10 aromatic rings. The number of para-hydroxylation sites is 2. The van der Waals surface area contributed by atoms with Crippen LogP contribution < -0.4 is 4.90 Å². The van der Waals surface area contributed by atoms with Crippen LogP contribution in [0.25, 0.3) is 72.0 Å². The third kappa shape index (κ3) is 6.16. The summed E-state index contributed by atoms with van der Waals surface area (Å²) in [7, 11) is 0. The van der Waals surface area contributed by atoms with Gasteiger partial charge in [0.25, 0.3) is 0 Å². The number of hydrogen-bond donors (Lipinski definition) is 0. The highest BCUT2D eigenvalue weighted by Crippen LogP contribution is 2.47. The van der Waals surface area contributed by atoms with Crippen molar-refractivity contribution in [3.05, 3.63) is 230 Å². The van der Waals surface area contributed by atoms with Crippen LogP contribution in [0.3, 0.4) is 0 Å². The topological polar surface area (TPSA) is 8.17 Å². The number of nitrogens with zero attached hydrogens (tertiary/aromatic N) is 2. The quantitative estimate of drug-likeness (QED) is 0.150. The van der Waals surface area contributed by atoms with Crippen molar-refractivity contribution in [3.8, 4) is 50.2 Å². The van der Waals surface area contributed by atoms with Crippen molar-refractivity contribution in [1.29, 1.82) is 0 Å². The minimum atomic E-state index is 1.09. The first-order valence-electron chi connectivity index (χ1n) is 20.0. The molecule has 0 N–H and O–H groups in total. The Balaban J connectivity index is 1.25. The molecule has 0 aliphatic heterocycles. The molecule has 10 rings (SSSR count). The summed E-state index contributed by atoms with van der Waals surface area (Å²) in [5.41, 5.74) is 19.0. The van der Waals surface area contributed by atoms with Gasteiger partial charge in [0, 0.05) is 33.3 Å². The molecule has 0 saturated heterocycles. The predicted octanol–water partition coefficient (Wildman–Crippen LogP) is 15.5. The first-order chi connectivity index (χ1) is 28.6. The van der Waals surface area contributed by atoms with E-state index in [2.05, 4.69) is 242 Å². The molecule has 0 spiro atoms. The molecule has 0 saturated carbocycles. The van der Waals surface area contributed by atoms with Gasteiger partial charge in [-0.2, -0.15) is 0 Å². The molecule has 0 unspecified atom stereocenters. The molecule has 276 valence electrons. The number of benzene rings is 9. The molecule has 9 aromatic carbocycles. The lowest BCUT2D eigenvalue weighted by Crippen LogP contribution is -2.10. The van der Waals surface area contributed by atoms with E-state index in [1.54, 1.807) is 0 Å². The van der Waals surface area contributed by atoms with Crippen molar-refractivity contribution >= 4 is 38.9 Å². The second-order valence-electron chi connectivity index (χ2n) is 15.0. The van der Waals surface area contributed by atoms with Gasteiger partial charge in [-0.1, -0.05) is 176 Å². The second-order valence-corrected chi connectivity index (χ2v) is 15.0. The summed E-state index contributed by atoms with van der Waals surface area (Å²) in [5.74, 6) is 0. The molecule has 2 heteroatoms. The van der Waals surface area contributed by atoms with Crippen molar-refractivity contribution in [1.82, 2.24) is 4.57 Å². The average Bonchev–Trinajstić information content (AvgIpc) is 3.62. The smallest absolute Gasteiger partial charge is 0.0619 e. The third-order valence-electron chi connectivity index (χ3n) is 11.5. The monoisotopic (exact) mass is 742 g/mol. The number of rotatable bonds is 8. The van der Waals surface area contributed by atoms with Crippen LogP contribution in [-0.2, 0) is 0 Å². The van der Waals surface area contributed by atoms with E-state index in [9.17, 15) is 0 Å². The van der Waals surface area contributed by atoms with Crippen molar-refractivity contribution in [2.75, 3.05) is 4.90 Å². The van der Waals surface area contributed by atoms with Crippen LogP contribution in [0, 0.1) is 13.8 Å². The van der Waals surface area contributed by atoms with Crippen LogP contribution in [0.4, 0.5) is 17.1 Å². The first-order valence-corrected chi connectivity index (χ1v) is 20.0. The third-order valence-corrected chi connectivity index (χ3v) is 11.5. The molecule has 0 amide bonds. The Kier molecular flexibility index (Phi) is 9.01. The fraction of sp³-hybridized carbons (Fsp3) is 0.0357. The lowest BCUT2D eigenvalue weighted by atomic mass is 9.92. The molecular weight excluding hydrogens is 701 g/mol. The maximum absolute atomic E-state index is 2.52. The van der Waals surface area contributed by atoms with Crippen LogP contribution in [0.1, 0.15) is 11.1 Å². The molecule has 58 heavy (non-hydrogen) atoms. The number of fused-ring (bicyclic) bond motifs is 3. The number of aromatic nitrogens is 1. The van der Waals surface area contributed by atoms with Gasteiger partial charge in [-0.15, -0.1) is 0 Å². The zero-order valence-corrected chi connectivity index (χ0v) is 32.7. The largest absolute Gasteiger partial charge is 0.310 e. The van der Waals surface area contributed by atoms with E-state index in [4.69, 9.17) is 0 Å². The van der Waals surface area contributed by atoms with E-state index >= 15 is 0 Å². The Hall–Kier alpha value is -7.42. The van der Waals surface area contributed by atoms with Crippen molar-refractivity contribution in [2.24, 2.45) is 0 Å². The van der Waals surface area contributed by atoms with Gasteiger partial charge in [-0.05, 0) is 101 Å². The van der Waals surface area contributed by atoms with E-state index in [0.717, 1.165) is 22.6 Å². The minimum Gasteiger partial charge on any atom is -0.310 e. The summed E-state index contributed by atoms with van der Waals surface area (Å²) in [6.07, 6.45) is 0. The molecule has 1 aromatic heterocycles. The second kappa shape index (κ2) is 14.9. The van der Waals surface area contributed by atoms with Crippen LogP contribution in [0.2, 0.25) is 0 Å². The van der Waals surface area contributed by atoms with E-state index < -0.39 is 0 Å². The normalized spacial score (nSPS) is 11.3. The average molecular weight is 743 g/mol. The molecule has 2 nitrogen and oxygen atoms in total.